The van der Waals surface area contributed by atoms with Crippen molar-refractivity contribution in [3.05, 3.63) is 35.6 Å². The van der Waals surface area contributed by atoms with Gasteiger partial charge in [-0.1, -0.05) is 26.0 Å². The molecule has 0 saturated carbocycles. The molecule has 0 aromatic heterocycles. The molecule has 0 radical (unpaired) electrons. The quantitative estimate of drug-likeness (QED) is 0.783. The molecule has 0 aliphatic carbocycles. The summed E-state index contributed by atoms with van der Waals surface area (Å²) in [6, 6.07) is 6.04. The summed E-state index contributed by atoms with van der Waals surface area (Å²) >= 11 is 0. The Balaban J connectivity index is 2.52. The van der Waals surface area contributed by atoms with Crippen LogP contribution < -0.4 is 0 Å². The molecule has 1 nitrogen and oxygen atoms in total. The summed E-state index contributed by atoms with van der Waals surface area (Å²) in [5.74, 6) is 0.329. The maximum atomic E-state index is 12.6. The van der Waals surface area contributed by atoms with E-state index in [9.17, 15) is 9.50 Å². The third-order valence-corrected chi connectivity index (χ3v) is 2.27. The van der Waals surface area contributed by atoms with E-state index in [1.54, 1.807) is 12.1 Å². The van der Waals surface area contributed by atoms with E-state index in [4.69, 9.17) is 0 Å². The van der Waals surface area contributed by atoms with Gasteiger partial charge in [0.15, 0.2) is 0 Å². The summed E-state index contributed by atoms with van der Waals surface area (Å²) in [5, 5.41) is 9.74. The van der Waals surface area contributed by atoms with Gasteiger partial charge in [-0.15, -0.1) is 0 Å². The van der Waals surface area contributed by atoms with Crippen LogP contribution in [-0.4, -0.2) is 5.11 Å². The van der Waals surface area contributed by atoms with E-state index in [-0.39, 0.29) is 5.82 Å². The van der Waals surface area contributed by atoms with Crippen LogP contribution in [0.5, 0.6) is 0 Å². The Morgan fingerprint density at radius 2 is 1.71 bits per heavy atom. The summed E-state index contributed by atoms with van der Waals surface area (Å²) in [7, 11) is 0. The van der Waals surface area contributed by atoms with E-state index >= 15 is 0 Å². The number of benzene rings is 1. The van der Waals surface area contributed by atoms with Crippen molar-refractivity contribution >= 4 is 0 Å². The Morgan fingerprint density at radius 3 is 2.21 bits per heavy atom. The molecule has 1 aromatic rings. The summed E-state index contributed by atoms with van der Waals surface area (Å²) in [6.45, 7) is 4.24. The first-order valence-corrected chi connectivity index (χ1v) is 5.03. The van der Waals surface area contributed by atoms with Gasteiger partial charge in [-0.05, 0) is 36.5 Å². The van der Waals surface area contributed by atoms with E-state index in [0.717, 1.165) is 18.4 Å². The van der Waals surface area contributed by atoms with E-state index in [0.29, 0.717) is 5.92 Å². The van der Waals surface area contributed by atoms with Crippen LogP contribution >= 0.6 is 0 Å². The van der Waals surface area contributed by atoms with Crippen molar-refractivity contribution < 1.29 is 9.50 Å². The highest BCUT2D eigenvalue weighted by Crippen LogP contribution is 2.20. The van der Waals surface area contributed by atoms with Crippen LogP contribution in [-0.2, 0) is 0 Å². The second-order valence-electron chi connectivity index (χ2n) is 4.04. The van der Waals surface area contributed by atoms with Gasteiger partial charge in [-0.25, -0.2) is 4.39 Å². The van der Waals surface area contributed by atoms with Gasteiger partial charge in [0.25, 0.3) is 0 Å². The first-order chi connectivity index (χ1) is 6.59. The van der Waals surface area contributed by atoms with Crippen LogP contribution in [0.1, 0.15) is 38.4 Å². The van der Waals surface area contributed by atoms with E-state index in [1.165, 1.54) is 12.1 Å². The van der Waals surface area contributed by atoms with Crippen LogP contribution in [0.4, 0.5) is 4.39 Å². The Morgan fingerprint density at radius 1 is 1.14 bits per heavy atom. The molecule has 0 fully saturated rings. The fourth-order valence-electron chi connectivity index (χ4n) is 1.34. The number of aliphatic hydroxyl groups is 1. The number of rotatable bonds is 4. The summed E-state index contributed by atoms with van der Waals surface area (Å²) < 4.78 is 12.6. The Labute approximate surface area is 84.6 Å². The van der Waals surface area contributed by atoms with Gasteiger partial charge in [-0.2, -0.15) is 0 Å². The SMILES string of the molecule is CC(C)CCC(O)c1ccc(F)cc1. The third-order valence-electron chi connectivity index (χ3n) is 2.27. The number of halogens is 1. The Bertz CT molecular complexity index is 266. The molecule has 0 heterocycles. The molecule has 2 heteroatoms. The number of hydrogen-bond donors (Lipinski definition) is 1. The second-order valence-corrected chi connectivity index (χ2v) is 4.04. The lowest BCUT2D eigenvalue weighted by molar-refractivity contribution is 0.159. The average molecular weight is 196 g/mol. The van der Waals surface area contributed by atoms with Gasteiger partial charge in [0.05, 0.1) is 6.10 Å². The molecular weight excluding hydrogens is 179 g/mol. The van der Waals surface area contributed by atoms with Gasteiger partial charge in [-0.3, -0.25) is 0 Å². The lowest BCUT2D eigenvalue weighted by Gasteiger charge is -2.12. The van der Waals surface area contributed by atoms with Crippen LogP contribution in [0.2, 0.25) is 0 Å². The summed E-state index contributed by atoms with van der Waals surface area (Å²) in [6.07, 6.45) is 1.26. The minimum Gasteiger partial charge on any atom is -0.388 e. The maximum Gasteiger partial charge on any atom is 0.123 e. The molecule has 1 aromatic carbocycles. The van der Waals surface area contributed by atoms with E-state index in [1.807, 2.05) is 0 Å². The minimum atomic E-state index is -0.460. The molecule has 0 spiro atoms. The molecule has 1 atom stereocenters. The number of hydrogen-bond acceptors (Lipinski definition) is 1. The van der Waals surface area contributed by atoms with Gasteiger partial charge >= 0.3 is 0 Å². The first kappa shape index (κ1) is 11.2. The molecule has 14 heavy (non-hydrogen) atoms. The van der Waals surface area contributed by atoms with Gasteiger partial charge < -0.3 is 5.11 Å². The summed E-state index contributed by atoms with van der Waals surface area (Å²) in [5.41, 5.74) is 0.798. The highest BCUT2D eigenvalue weighted by Gasteiger charge is 2.07. The zero-order chi connectivity index (χ0) is 10.6. The van der Waals surface area contributed by atoms with Crippen molar-refractivity contribution in [3.8, 4) is 0 Å². The van der Waals surface area contributed by atoms with E-state index < -0.39 is 6.10 Å². The fourth-order valence-corrected chi connectivity index (χ4v) is 1.34. The van der Waals surface area contributed by atoms with Crippen molar-refractivity contribution in [1.82, 2.24) is 0 Å². The third kappa shape index (κ3) is 3.46. The molecule has 0 saturated heterocycles. The standard InChI is InChI=1S/C12H17FO/c1-9(2)3-8-12(14)10-4-6-11(13)7-5-10/h4-7,9,12,14H,3,8H2,1-2H3. The second kappa shape index (κ2) is 5.11. The largest absolute Gasteiger partial charge is 0.388 e. The lowest BCUT2D eigenvalue weighted by atomic mass is 10.00. The lowest BCUT2D eigenvalue weighted by Crippen LogP contribution is -1.99. The molecule has 1 rings (SSSR count). The smallest absolute Gasteiger partial charge is 0.123 e. The normalized spacial score (nSPS) is 13.2. The molecule has 78 valence electrons. The highest BCUT2D eigenvalue weighted by atomic mass is 19.1. The van der Waals surface area contributed by atoms with Gasteiger partial charge in [0, 0.05) is 0 Å². The minimum absolute atomic E-state index is 0.259. The topological polar surface area (TPSA) is 20.2 Å². The van der Waals surface area contributed by atoms with Crippen LogP contribution in [0.15, 0.2) is 24.3 Å². The molecule has 0 amide bonds. The van der Waals surface area contributed by atoms with Crippen molar-refractivity contribution in [2.75, 3.05) is 0 Å². The zero-order valence-electron chi connectivity index (χ0n) is 8.70. The monoisotopic (exact) mass is 196 g/mol. The fraction of sp³-hybridized carbons (Fsp3) is 0.500. The van der Waals surface area contributed by atoms with Crippen molar-refractivity contribution in [1.29, 1.82) is 0 Å². The molecule has 0 aliphatic heterocycles. The van der Waals surface area contributed by atoms with Gasteiger partial charge in [0.1, 0.15) is 5.82 Å². The van der Waals surface area contributed by atoms with Gasteiger partial charge in [0.2, 0.25) is 0 Å². The molecule has 1 N–H and O–H groups in total. The van der Waals surface area contributed by atoms with E-state index in [2.05, 4.69) is 13.8 Å². The highest BCUT2D eigenvalue weighted by molar-refractivity contribution is 5.18. The first-order valence-electron chi connectivity index (χ1n) is 5.03. The molecule has 0 aliphatic rings. The summed E-state index contributed by atoms with van der Waals surface area (Å²) in [4.78, 5) is 0. The van der Waals surface area contributed by atoms with Crippen LogP contribution in [0.25, 0.3) is 0 Å². The Hall–Kier alpha value is -0.890. The zero-order valence-corrected chi connectivity index (χ0v) is 8.70. The van der Waals surface area contributed by atoms with Crippen LogP contribution in [0.3, 0.4) is 0 Å². The predicted molar refractivity (Wildman–Crippen MR) is 55.4 cm³/mol. The van der Waals surface area contributed by atoms with Crippen molar-refractivity contribution in [2.24, 2.45) is 5.92 Å². The van der Waals surface area contributed by atoms with Crippen molar-refractivity contribution in [3.63, 3.8) is 0 Å². The Kier molecular flexibility index (Phi) is 4.08. The van der Waals surface area contributed by atoms with Crippen molar-refractivity contribution in [2.45, 2.75) is 32.8 Å². The molecule has 1 unspecified atom stereocenters. The molecular formula is C12H17FO. The maximum absolute atomic E-state index is 12.6. The molecule has 0 bridgehead atoms. The van der Waals surface area contributed by atoms with Crippen LogP contribution in [0, 0.1) is 11.7 Å². The predicted octanol–water partition coefficient (Wildman–Crippen LogP) is 3.30. The average Bonchev–Trinajstić information content (AvgIpc) is 2.15. The number of aliphatic hydroxyl groups excluding tert-OH is 1.